The van der Waals surface area contributed by atoms with Crippen LogP contribution in [0, 0.1) is 6.92 Å². The molecule has 0 fully saturated rings. The second kappa shape index (κ2) is 16.2. The van der Waals surface area contributed by atoms with Crippen LogP contribution in [0.4, 0.5) is 10.8 Å². The van der Waals surface area contributed by atoms with Gasteiger partial charge in [-0.2, -0.15) is 0 Å². The zero-order valence-electron chi connectivity index (χ0n) is 28.0. The molecule has 9 nitrogen and oxygen atoms in total. The SMILES string of the molecule is COc1cccc(/C=C(\NC(=O)c2ccccc2)C(=O)Nc2ccc(SC(C(=O)Nc3nc4ccc(C)cc4s3)c3ccccc3)cc2)c1OC. The number of para-hydroxylation sites is 1. The van der Waals surface area contributed by atoms with Crippen LogP contribution in [0.3, 0.4) is 0 Å². The lowest BCUT2D eigenvalue weighted by Crippen LogP contribution is -2.30. The minimum atomic E-state index is -0.569. The van der Waals surface area contributed by atoms with E-state index in [2.05, 4.69) is 27.0 Å². The van der Waals surface area contributed by atoms with Crippen molar-refractivity contribution in [1.82, 2.24) is 10.3 Å². The molecule has 1 aromatic heterocycles. The Balaban J connectivity index is 1.21. The average Bonchev–Trinajstić information content (AvgIpc) is 3.55. The van der Waals surface area contributed by atoms with E-state index < -0.39 is 17.1 Å². The van der Waals surface area contributed by atoms with Crippen LogP contribution in [-0.4, -0.2) is 36.9 Å². The first-order valence-electron chi connectivity index (χ1n) is 15.9. The van der Waals surface area contributed by atoms with E-state index in [9.17, 15) is 14.4 Å². The maximum Gasteiger partial charge on any atom is 0.272 e. The number of hydrogen-bond donors (Lipinski definition) is 3. The summed E-state index contributed by atoms with van der Waals surface area (Å²) in [6, 6.07) is 36.6. The molecule has 0 saturated carbocycles. The smallest absolute Gasteiger partial charge is 0.272 e. The maximum absolute atomic E-state index is 13.7. The molecule has 256 valence electrons. The highest BCUT2D eigenvalue weighted by Gasteiger charge is 2.24. The van der Waals surface area contributed by atoms with E-state index in [0.717, 1.165) is 26.2 Å². The first-order valence-corrected chi connectivity index (χ1v) is 17.6. The van der Waals surface area contributed by atoms with Crippen LogP contribution in [0.5, 0.6) is 11.5 Å². The first kappa shape index (κ1) is 34.9. The van der Waals surface area contributed by atoms with Crippen molar-refractivity contribution in [2.75, 3.05) is 24.9 Å². The molecule has 0 spiro atoms. The van der Waals surface area contributed by atoms with Gasteiger partial charge in [0.05, 0.1) is 24.4 Å². The molecule has 51 heavy (non-hydrogen) atoms. The Morgan fingerprint density at radius 3 is 2.24 bits per heavy atom. The summed E-state index contributed by atoms with van der Waals surface area (Å²) in [4.78, 5) is 46.0. The van der Waals surface area contributed by atoms with Gasteiger partial charge in [-0.15, -0.1) is 11.8 Å². The van der Waals surface area contributed by atoms with Gasteiger partial charge in [-0.1, -0.05) is 78.1 Å². The molecule has 11 heteroatoms. The van der Waals surface area contributed by atoms with Crippen LogP contribution in [0.2, 0.25) is 0 Å². The molecular weight excluding hydrogens is 681 g/mol. The molecule has 6 aromatic rings. The van der Waals surface area contributed by atoms with Crippen molar-refractivity contribution in [1.29, 1.82) is 0 Å². The number of thioether (sulfide) groups is 1. The molecule has 3 N–H and O–H groups in total. The molecule has 5 aromatic carbocycles. The molecule has 3 amide bonds. The maximum atomic E-state index is 13.7. The van der Waals surface area contributed by atoms with Gasteiger partial charge in [0.1, 0.15) is 10.9 Å². The molecule has 0 radical (unpaired) electrons. The third kappa shape index (κ3) is 8.64. The Kier molecular flexibility index (Phi) is 11.1. The number of fused-ring (bicyclic) bond motifs is 1. The zero-order chi connectivity index (χ0) is 35.7. The average molecular weight is 715 g/mol. The summed E-state index contributed by atoms with van der Waals surface area (Å²) >= 11 is 2.82. The lowest BCUT2D eigenvalue weighted by molar-refractivity contribution is -0.116. The third-order valence-electron chi connectivity index (χ3n) is 7.74. The lowest BCUT2D eigenvalue weighted by Gasteiger charge is -2.17. The molecule has 1 unspecified atom stereocenters. The Labute approximate surface area is 303 Å². The molecule has 1 atom stereocenters. The summed E-state index contributed by atoms with van der Waals surface area (Å²) in [5.74, 6) is -0.299. The van der Waals surface area contributed by atoms with E-state index in [1.54, 1.807) is 60.7 Å². The molecule has 0 saturated heterocycles. The Hall–Kier alpha value is -5.91. The van der Waals surface area contributed by atoms with Gasteiger partial charge in [0, 0.05) is 21.7 Å². The summed E-state index contributed by atoms with van der Waals surface area (Å²) in [5.41, 5.74) is 4.22. The number of benzene rings is 5. The zero-order valence-corrected chi connectivity index (χ0v) is 29.6. The normalized spacial score (nSPS) is 11.8. The van der Waals surface area contributed by atoms with Crippen molar-refractivity contribution in [3.63, 3.8) is 0 Å². The van der Waals surface area contributed by atoms with Crippen LogP contribution >= 0.6 is 23.1 Å². The van der Waals surface area contributed by atoms with E-state index >= 15 is 0 Å². The van der Waals surface area contributed by atoms with Gasteiger partial charge < -0.3 is 25.4 Å². The van der Waals surface area contributed by atoms with Crippen molar-refractivity contribution >= 4 is 67.9 Å². The molecule has 0 aliphatic carbocycles. The van der Waals surface area contributed by atoms with E-state index in [4.69, 9.17) is 9.47 Å². The van der Waals surface area contributed by atoms with Crippen LogP contribution in [0.15, 0.2) is 132 Å². The highest BCUT2D eigenvalue weighted by molar-refractivity contribution is 8.00. The van der Waals surface area contributed by atoms with Crippen molar-refractivity contribution in [2.24, 2.45) is 0 Å². The second-order valence-electron chi connectivity index (χ2n) is 11.3. The number of rotatable bonds is 12. The van der Waals surface area contributed by atoms with Gasteiger partial charge in [0.2, 0.25) is 5.91 Å². The van der Waals surface area contributed by atoms with Crippen molar-refractivity contribution in [3.8, 4) is 11.5 Å². The van der Waals surface area contributed by atoms with Gasteiger partial charge in [-0.3, -0.25) is 14.4 Å². The van der Waals surface area contributed by atoms with Gasteiger partial charge in [-0.25, -0.2) is 4.98 Å². The van der Waals surface area contributed by atoms with E-state index in [1.807, 2.05) is 61.5 Å². The van der Waals surface area contributed by atoms with Gasteiger partial charge >= 0.3 is 0 Å². The fourth-order valence-corrected chi connectivity index (χ4v) is 7.22. The number of methoxy groups -OCH3 is 2. The lowest BCUT2D eigenvalue weighted by atomic mass is 10.1. The molecule has 1 heterocycles. The predicted octanol–water partition coefficient (Wildman–Crippen LogP) is 8.50. The Bertz CT molecular complexity index is 2200. The van der Waals surface area contributed by atoms with Crippen LogP contribution in [-0.2, 0) is 9.59 Å². The van der Waals surface area contributed by atoms with Crippen molar-refractivity contribution in [2.45, 2.75) is 17.1 Å². The van der Waals surface area contributed by atoms with Crippen LogP contribution in [0.25, 0.3) is 16.3 Å². The molecule has 0 bridgehead atoms. The second-order valence-corrected chi connectivity index (χ2v) is 13.5. The molecule has 0 aliphatic heterocycles. The number of ether oxygens (including phenoxy) is 2. The third-order valence-corrected chi connectivity index (χ3v) is 9.94. The number of anilines is 2. The molecule has 0 aliphatic rings. The number of nitrogens with one attached hydrogen (secondary N) is 3. The first-order chi connectivity index (χ1) is 24.8. The minimum Gasteiger partial charge on any atom is -0.493 e. The number of carbonyl (C=O) groups excluding carboxylic acids is 3. The summed E-state index contributed by atoms with van der Waals surface area (Å²) in [6.07, 6.45) is 1.54. The van der Waals surface area contributed by atoms with Crippen LogP contribution < -0.4 is 25.4 Å². The largest absolute Gasteiger partial charge is 0.493 e. The summed E-state index contributed by atoms with van der Waals surface area (Å²) in [7, 11) is 3.03. The van der Waals surface area contributed by atoms with E-state index in [-0.39, 0.29) is 11.6 Å². The summed E-state index contributed by atoms with van der Waals surface area (Å²) in [5, 5.41) is 8.61. The van der Waals surface area contributed by atoms with Crippen molar-refractivity contribution < 1.29 is 23.9 Å². The number of nitrogens with zero attached hydrogens (tertiary/aromatic N) is 1. The van der Waals surface area contributed by atoms with Gasteiger partial charge in [-0.05, 0) is 78.7 Å². The monoisotopic (exact) mass is 714 g/mol. The fourth-order valence-electron chi connectivity index (χ4n) is 5.23. The quantitative estimate of drug-likeness (QED) is 0.0860. The summed E-state index contributed by atoms with van der Waals surface area (Å²) < 4.78 is 12.0. The highest BCUT2D eigenvalue weighted by Crippen LogP contribution is 2.38. The minimum absolute atomic E-state index is 0.000298. The molecule has 6 rings (SSSR count). The number of amides is 3. The van der Waals surface area contributed by atoms with E-state index in [1.165, 1.54) is 43.4 Å². The Morgan fingerprint density at radius 1 is 0.804 bits per heavy atom. The number of aryl methyl sites for hydroxylation is 1. The fraction of sp³-hybridized carbons (Fsp3) is 0.100. The number of thiazole rings is 1. The standard InChI is InChI=1S/C40H34N4O5S2/c1-25-17-22-31-34(23-25)51-40(43-31)44-39(47)36(26-11-6-4-7-12-26)50-30-20-18-29(19-21-30)41-38(46)32(42-37(45)27-13-8-5-9-14-27)24-28-15-10-16-33(48-2)35(28)49-3/h4-24,36H,1-3H3,(H,41,46)(H,42,45)(H,43,44,47)/b32-24-. The number of carbonyl (C=O) groups is 3. The topological polar surface area (TPSA) is 119 Å². The predicted molar refractivity (Wildman–Crippen MR) is 205 cm³/mol. The van der Waals surface area contributed by atoms with Crippen molar-refractivity contribution in [3.05, 3.63) is 149 Å². The highest BCUT2D eigenvalue weighted by atomic mass is 32.2. The van der Waals surface area contributed by atoms with E-state index in [0.29, 0.717) is 33.4 Å². The summed E-state index contributed by atoms with van der Waals surface area (Å²) in [6.45, 7) is 2.02. The van der Waals surface area contributed by atoms with Gasteiger partial charge in [0.25, 0.3) is 11.8 Å². The molecular formula is C40H34N4O5S2. The Morgan fingerprint density at radius 2 is 1.53 bits per heavy atom. The number of aromatic nitrogens is 1. The van der Waals surface area contributed by atoms with Gasteiger partial charge in [0.15, 0.2) is 16.6 Å². The number of hydrogen-bond acceptors (Lipinski definition) is 8. The van der Waals surface area contributed by atoms with Crippen LogP contribution in [0.1, 0.15) is 32.3 Å².